The minimum absolute atomic E-state index is 0.187. The summed E-state index contributed by atoms with van der Waals surface area (Å²) in [7, 11) is 2.98. The van der Waals surface area contributed by atoms with E-state index in [0.29, 0.717) is 17.9 Å². The molecular formula is C20H22N4O4. The molecule has 0 spiro atoms. The van der Waals surface area contributed by atoms with Crippen LogP contribution in [0.15, 0.2) is 40.1 Å². The summed E-state index contributed by atoms with van der Waals surface area (Å²) in [6.45, 7) is 3.45. The van der Waals surface area contributed by atoms with Crippen molar-refractivity contribution in [1.82, 2.24) is 14.1 Å². The molecule has 0 saturated heterocycles. The van der Waals surface area contributed by atoms with Gasteiger partial charge >= 0.3 is 5.69 Å². The van der Waals surface area contributed by atoms with Crippen molar-refractivity contribution in [1.29, 1.82) is 0 Å². The first-order valence-corrected chi connectivity index (χ1v) is 8.89. The van der Waals surface area contributed by atoms with Gasteiger partial charge in [0.25, 0.3) is 5.56 Å². The van der Waals surface area contributed by atoms with Crippen molar-refractivity contribution in [3.63, 3.8) is 0 Å². The molecule has 0 saturated carbocycles. The van der Waals surface area contributed by atoms with E-state index < -0.39 is 23.7 Å². The van der Waals surface area contributed by atoms with Gasteiger partial charge in [-0.3, -0.25) is 14.2 Å². The fourth-order valence-electron chi connectivity index (χ4n) is 3.07. The Morgan fingerprint density at radius 1 is 1.21 bits per heavy atom. The van der Waals surface area contributed by atoms with Gasteiger partial charge in [-0.15, -0.1) is 0 Å². The number of methoxy groups -OCH3 is 1. The SMILES string of the molecule is CCc1cnc2c(c1OC)c(=O)n(CC(=O)Nc1ccc(C)cc1)c(=O)n2C. The molecule has 28 heavy (non-hydrogen) atoms. The highest BCUT2D eigenvalue weighted by Crippen LogP contribution is 2.24. The normalized spacial score (nSPS) is 10.9. The molecule has 1 aromatic carbocycles. The molecule has 8 heteroatoms. The van der Waals surface area contributed by atoms with Gasteiger partial charge in [0.15, 0.2) is 5.65 Å². The number of nitrogens with one attached hydrogen (secondary N) is 1. The lowest BCUT2D eigenvalue weighted by Crippen LogP contribution is -2.42. The highest BCUT2D eigenvalue weighted by atomic mass is 16.5. The lowest BCUT2D eigenvalue weighted by molar-refractivity contribution is -0.116. The maximum atomic E-state index is 13.0. The summed E-state index contributed by atoms with van der Waals surface area (Å²) in [6.07, 6.45) is 2.21. The molecule has 1 N–H and O–H groups in total. The van der Waals surface area contributed by atoms with Gasteiger partial charge in [-0.1, -0.05) is 24.6 Å². The van der Waals surface area contributed by atoms with Gasteiger partial charge in [-0.2, -0.15) is 0 Å². The van der Waals surface area contributed by atoms with E-state index in [1.807, 2.05) is 26.0 Å². The number of carbonyl (C=O) groups excluding carboxylic acids is 1. The number of hydrogen-bond donors (Lipinski definition) is 1. The summed E-state index contributed by atoms with van der Waals surface area (Å²) >= 11 is 0. The summed E-state index contributed by atoms with van der Waals surface area (Å²) in [6, 6.07) is 7.24. The van der Waals surface area contributed by atoms with Crippen LogP contribution in [0.4, 0.5) is 5.69 Å². The Balaban J connectivity index is 2.08. The Hall–Kier alpha value is -3.42. The number of fused-ring (bicyclic) bond motifs is 1. The first kappa shape index (κ1) is 19.3. The molecule has 0 aliphatic heterocycles. The van der Waals surface area contributed by atoms with Crippen LogP contribution in [0.5, 0.6) is 5.75 Å². The third-order valence-electron chi connectivity index (χ3n) is 4.60. The zero-order valence-corrected chi connectivity index (χ0v) is 16.3. The van der Waals surface area contributed by atoms with Gasteiger partial charge in [0.1, 0.15) is 17.7 Å². The summed E-state index contributed by atoms with van der Waals surface area (Å²) in [5, 5.41) is 2.88. The molecule has 2 aromatic heterocycles. The van der Waals surface area contributed by atoms with Crippen molar-refractivity contribution >= 4 is 22.6 Å². The van der Waals surface area contributed by atoms with E-state index in [9.17, 15) is 14.4 Å². The fraction of sp³-hybridized carbons (Fsp3) is 0.300. The molecule has 0 unspecified atom stereocenters. The molecule has 0 bridgehead atoms. The van der Waals surface area contributed by atoms with E-state index >= 15 is 0 Å². The Morgan fingerprint density at radius 3 is 2.50 bits per heavy atom. The number of aromatic nitrogens is 3. The molecule has 3 aromatic rings. The Bertz CT molecular complexity index is 1160. The van der Waals surface area contributed by atoms with Crippen LogP contribution >= 0.6 is 0 Å². The van der Waals surface area contributed by atoms with E-state index in [1.165, 1.54) is 18.7 Å². The highest BCUT2D eigenvalue weighted by molar-refractivity contribution is 5.91. The number of aryl methyl sites for hydroxylation is 3. The van der Waals surface area contributed by atoms with Crippen LogP contribution in [0, 0.1) is 6.92 Å². The number of rotatable bonds is 5. The van der Waals surface area contributed by atoms with Gasteiger partial charge in [0.2, 0.25) is 5.91 Å². The smallest absolute Gasteiger partial charge is 0.332 e. The quantitative estimate of drug-likeness (QED) is 0.723. The van der Waals surface area contributed by atoms with Crippen molar-refractivity contribution in [2.45, 2.75) is 26.8 Å². The zero-order chi connectivity index (χ0) is 20.4. The lowest BCUT2D eigenvalue weighted by atomic mass is 10.1. The average molecular weight is 382 g/mol. The van der Waals surface area contributed by atoms with Gasteiger partial charge in [-0.05, 0) is 25.5 Å². The molecule has 2 heterocycles. The van der Waals surface area contributed by atoms with Crippen LogP contribution in [0.3, 0.4) is 0 Å². The number of hydrogen-bond acceptors (Lipinski definition) is 5. The Morgan fingerprint density at radius 2 is 1.89 bits per heavy atom. The molecule has 1 amide bonds. The summed E-state index contributed by atoms with van der Waals surface area (Å²) in [4.78, 5) is 42.4. The fourth-order valence-corrected chi connectivity index (χ4v) is 3.07. The molecule has 0 atom stereocenters. The topological polar surface area (TPSA) is 95.2 Å². The molecule has 3 rings (SSSR count). The first-order chi connectivity index (χ1) is 13.4. The van der Waals surface area contributed by atoms with Gasteiger partial charge < -0.3 is 10.1 Å². The second-order valence-electron chi connectivity index (χ2n) is 6.52. The van der Waals surface area contributed by atoms with Crippen LogP contribution < -0.4 is 21.3 Å². The molecule has 146 valence electrons. The number of benzene rings is 1. The van der Waals surface area contributed by atoms with E-state index in [1.54, 1.807) is 18.3 Å². The van der Waals surface area contributed by atoms with Crippen LogP contribution in [0.2, 0.25) is 0 Å². The second kappa shape index (κ2) is 7.67. The first-order valence-electron chi connectivity index (χ1n) is 8.89. The van der Waals surface area contributed by atoms with Crippen LogP contribution in [0.25, 0.3) is 11.0 Å². The van der Waals surface area contributed by atoms with E-state index in [-0.39, 0.29) is 11.0 Å². The Labute approximate surface area is 161 Å². The van der Waals surface area contributed by atoms with Crippen LogP contribution in [0.1, 0.15) is 18.1 Å². The number of ether oxygens (including phenoxy) is 1. The van der Waals surface area contributed by atoms with Crippen molar-refractivity contribution < 1.29 is 9.53 Å². The number of pyridine rings is 1. The second-order valence-corrected chi connectivity index (χ2v) is 6.52. The van der Waals surface area contributed by atoms with Gasteiger partial charge in [0, 0.05) is 24.5 Å². The van der Waals surface area contributed by atoms with Crippen molar-refractivity contribution in [2.75, 3.05) is 12.4 Å². The maximum Gasteiger partial charge on any atom is 0.332 e. The van der Waals surface area contributed by atoms with Gasteiger partial charge in [-0.25, -0.2) is 14.3 Å². The van der Waals surface area contributed by atoms with Crippen molar-refractivity contribution in [3.05, 3.63) is 62.4 Å². The molecule has 0 fully saturated rings. The lowest BCUT2D eigenvalue weighted by Gasteiger charge is -2.14. The van der Waals surface area contributed by atoms with Crippen LogP contribution in [-0.4, -0.2) is 27.1 Å². The molecule has 8 nitrogen and oxygen atoms in total. The standard InChI is InChI=1S/C20H22N4O4/c1-5-13-10-21-18-16(17(13)28-4)19(26)24(20(27)23(18)3)11-15(25)22-14-8-6-12(2)7-9-14/h6-10H,5,11H2,1-4H3,(H,22,25). The molecular weight excluding hydrogens is 360 g/mol. The maximum absolute atomic E-state index is 13.0. The number of nitrogens with zero attached hydrogens (tertiary/aromatic N) is 3. The largest absolute Gasteiger partial charge is 0.495 e. The number of amides is 1. The zero-order valence-electron chi connectivity index (χ0n) is 16.3. The molecule has 0 aliphatic rings. The Kier molecular flexibility index (Phi) is 5.30. The summed E-state index contributed by atoms with van der Waals surface area (Å²) < 4.78 is 7.57. The van der Waals surface area contributed by atoms with E-state index in [0.717, 1.165) is 15.7 Å². The molecule has 0 radical (unpaired) electrons. The number of carbonyl (C=O) groups is 1. The third-order valence-corrected chi connectivity index (χ3v) is 4.60. The highest BCUT2D eigenvalue weighted by Gasteiger charge is 2.20. The average Bonchev–Trinajstić information content (AvgIpc) is 2.70. The predicted molar refractivity (Wildman–Crippen MR) is 107 cm³/mol. The van der Waals surface area contributed by atoms with E-state index in [2.05, 4.69) is 10.3 Å². The van der Waals surface area contributed by atoms with E-state index in [4.69, 9.17) is 4.74 Å². The minimum Gasteiger partial charge on any atom is -0.495 e. The third kappa shape index (κ3) is 3.40. The predicted octanol–water partition coefficient (Wildman–Crippen LogP) is 1.61. The van der Waals surface area contributed by atoms with Crippen LogP contribution in [-0.2, 0) is 24.8 Å². The monoisotopic (exact) mass is 382 g/mol. The number of anilines is 1. The molecule has 0 aliphatic carbocycles. The van der Waals surface area contributed by atoms with Crippen molar-refractivity contribution in [2.24, 2.45) is 7.05 Å². The van der Waals surface area contributed by atoms with Gasteiger partial charge in [0.05, 0.1) is 7.11 Å². The van der Waals surface area contributed by atoms with Crippen molar-refractivity contribution in [3.8, 4) is 5.75 Å². The summed E-state index contributed by atoms with van der Waals surface area (Å²) in [5.41, 5.74) is 1.41. The summed E-state index contributed by atoms with van der Waals surface area (Å²) in [5.74, 6) is -0.0956. The minimum atomic E-state index is -0.615.